The molecule has 5 heteroatoms. The largest absolute Gasteiger partial charge is 0.312 e. The van der Waals surface area contributed by atoms with Gasteiger partial charge in [-0.2, -0.15) is 0 Å². The zero-order valence-corrected chi connectivity index (χ0v) is 9.10. The van der Waals surface area contributed by atoms with Gasteiger partial charge < -0.3 is 5.32 Å². The molecule has 0 saturated carbocycles. The van der Waals surface area contributed by atoms with Crippen molar-refractivity contribution in [3.63, 3.8) is 0 Å². The van der Waals surface area contributed by atoms with E-state index in [1.165, 1.54) is 6.26 Å². The highest BCUT2D eigenvalue weighted by Gasteiger charge is 2.16. The first-order chi connectivity index (χ1) is 5.97. The van der Waals surface area contributed by atoms with Crippen LogP contribution < -0.4 is 5.32 Å². The van der Waals surface area contributed by atoms with Gasteiger partial charge in [0.05, 0.1) is 5.75 Å². The zero-order valence-electron chi connectivity index (χ0n) is 8.28. The predicted molar refractivity (Wildman–Crippen MR) is 53.6 cm³/mol. The molecular formula is C8H18N2O2S. The summed E-state index contributed by atoms with van der Waals surface area (Å²) in [4.78, 5) is 2.20. The summed E-state index contributed by atoms with van der Waals surface area (Å²) in [5.41, 5.74) is 0. The van der Waals surface area contributed by atoms with Crippen LogP contribution in [0.5, 0.6) is 0 Å². The van der Waals surface area contributed by atoms with Crippen LogP contribution in [0, 0.1) is 0 Å². The van der Waals surface area contributed by atoms with Crippen LogP contribution in [0.15, 0.2) is 0 Å². The first-order valence-corrected chi connectivity index (χ1v) is 6.67. The van der Waals surface area contributed by atoms with Crippen LogP contribution in [0.4, 0.5) is 0 Å². The third kappa shape index (κ3) is 4.59. The third-order valence-electron chi connectivity index (χ3n) is 2.23. The molecular weight excluding hydrogens is 188 g/mol. The topological polar surface area (TPSA) is 49.4 Å². The molecule has 1 saturated heterocycles. The maximum Gasteiger partial charge on any atom is 0.148 e. The Labute approximate surface area is 80.2 Å². The summed E-state index contributed by atoms with van der Waals surface area (Å²) in [7, 11) is -2.80. The molecule has 0 aromatic carbocycles. The molecule has 1 heterocycles. The fourth-order valence-electron chi connectivity index (χ4n) is 1.51. The number of piperazine rings is 1. The van der Waals surface area contributed by atoms with E-state index in [9.17, 15) is 8.42 Å². The Morgan fingerprint density at radius 3 is 2.77 bits per heavy atom. The average molecular weight is 206 g/mol. The maximum atomic E-state index is 10.9. The number of rotatable bonds is 3. The molecule has 1 N–H and O–H groups in total. The van der Waals surface area contributed by atoms with Crippen LogP contribution in [-0.2, 0) is 9.84 Å². The monoisotopic (exact) mass is 206 g/mol. The maximum absolute atomic E-state index is 10.9. The quantitative estimate of drug-likeness (QED) is 0.665. The number of hydrogen-bond acceptors (Lipinski definition) is 4. The van der Waals surface area contributed by atoms with Gasteiger partial charge in [-0.05, 0) is 6.92 Å². The first kappa shape index (κ1) is 10.9. The van der Waals surface area contributed by atoms with Crippen LogP contribution in [-0.4, -0.2) is 57.5 Å². The van der Waals surface area contributed by atoms with Crippen molar-refractivity contribution in [3.8, 4) is 0 Å². The van der Waals surface area contributed by atoms with Gasteiger partial charge >= 0.3 is 0 Å². The highest BCUT2D eigenvalue weighted by atomic mass is 32.2. The smallest absolute Gasteiger partial charge is 0.148 e. The Morgan fingerprint density at radius 2 is 2.23 bits per heavy atom. The number of nitrogens with one attached hydrogen (secondary N) is 1. The van der Waals surface area contributed by atoms with Crippen LogP contribution in [0.1, 0.15) is 6.92 Å². The second kappa shape index (κ2) is 4.39. The number of hydrogen-bond donors (Lipinski definition) is 1. The standard InChI is InChI=1S/C8H18N2O2S/c1-8-7-10(4-3-9-8)5-6-13(2,11)12/h8-9H,3-7H2,1-2H3/t8-/m1/s1. The molecule has 1 fully saturated rings. The minimum Gasteiger partial charge on any atom is -0.312 e. The van der Waals surface area contributed by atoms with Crippen molar-refractivity contribution < 1.29 is 8.42 Å². The van der Waals surface area contributed by atoms with Crippen LogP contribution in [0.2, 0.25) is 0 Å². The lowest BCUT2D eigenvalue weighted by Gasteiger charge is -2.31. The van der Waals surface area contributed by atoms with Gasteiger partial charge in [-0.15, -0.1) is 0 Å². The lowest BCUT2D eigenvalue weighted by atomic mass is 10.2. The fraction of sp³-hybridized carbons (Fsp3) is 1.00. The lowest BCUT2D eigenvalue weighted by molar-refractivity contribution is 0.217. The molecule has 0 radical (unpaired) electrons. The Morgan fingerprint density at radius 1 is 1.54 bits per heavy atom. The molecule has 4 nitrogen and oxygen atoms in total. The third-order valence-corrected chi connectivity index (χ3v) is 3.16. The van der Waals surface area contributed by atoms with Crippen LogP contribution in [0.3, 0.4) is 0 Å². The van der Waals surface area contributed by atoms with Crippen molar-refractivity contribution in [1.29, 1.82) is 0 Å². The van der Waals surface area contributed by atoms with E-state index in [0.717, 1.165) is 19.6 Å². The molecule has 1 aliphatic rings. The van der Waals surface area contributed by atoms with Gasteiger partial charge in [0.1, 0.15) is 9.84 Å². The van der Waals surface area contributed by atoms with E-state index in [1.54, 1.807) is 0 Å². The summed E-state index contributed by atoms with van der Waals surface area (Å²) in [6, 6.07) is 0.480. The molecule has 0 spiro atoms. The summed E-state index contributed by atoms with van der Waals surface area (Å²) in [6.07, 6.45) is 1.29. The van der Waals surface area contributed by atoms with E-state index in [2.05, 4.69) is 17.1 Å². The molecule has 0 amide bonds. The van der Waals surface area contributed by atoms with Crippen molar-refractivity contribution in [2.45, 2.75) is 13.0 Å². The van der Waals surface area contributed by atoms with Gasteiger partial charge in [-0.25, -0.2) is 8.42 Å². The summed E-state index contributed by atoms with van der Waals surface area (Å²) in [6.45, 7) is 5.66. The minimum atomic E-state index is -2.80. The van der Waals surface area contributed by atoms with Gasteiger partial charge in [0.15, 0.2) is 0 Å². The van der Waals surface area contributed by atoms with Gasteiger partial charge in [0.2, 0.25) is 0 Å². The van der Waals surface area contributed by atoms with Crippen molar-refractivity contribution in [2.24, 2.45) is 0 Å². The number of sulfone groups is 1. The van der Waals surface area contributed by atoms with Crippen molar-refractivity contribution in [2.75, 3.05) is 38.2 Å². The van der Waals surface area contributed by atoms with Crippen LogP contribution in [0.25, 0.3) is 0 Å². The van der Waals surface area contributed by atoms with Gasteiger partial charge in [0.25, 0.3) is 0 Å². The van der Waals surface area contributed by atoms with E-state index < -0.39 is 9.84 Å². The second-order valence-corrected chi connectivity index (χ2v) is 6.05. The van der Waals surface area contributed by atoms with Crippen molar-refractivity contribution >= 4 is 9.84 Å². The van der Waals surface area contributed by atoms with Crippen LogP contribution >= 0.6 is 0 Å². The minimum absolute atomic E-state index is 0.278. The Bertz CT molecular complexity index is 251. The Kier molecular flexibility index (Phi) is 3.70. The zero-order chi connectivity index (χ0) is 9.90. The van der Waals surface area contributed by atoms with Gasteiger partial charge in [-0.1, -0.05) is 0 Å². The molecule has 1 aliphatic heterocycles. The molecule has 1 rings (SSSR count). The Balaban J connectivity index is 2.29. The van der Waals surface area contributed by atoms with E-state index in [4.69, 9.17) is 0 Å². The van der Waals surface area contributed by atoms with Gasteiger partial charge in [-0.3, -0.25) is 4.90 Å². The number of nitrogens with zero attached hydrogens (tertiary/aromatic N) is 1. The molecule has 0 aromatic rings. The highest BCUT2D eigenvalue weighted by molar-refractivity contribution is 7.90. The Hall–Kier alpha value is -0.130. The van der Waals surface area contributed by atoms with E-state index >= 15 is 0 Å². The summed E-state index contributed by atoms with van der Waals surface area (Å²) in [5, 5.41) is 3.32. The highest BCUT2D eigenvalue weighted by Crippen LogP contribution is 1.98. The summed E-state index contributed by atoms with van der Waals surface area (Å²) >= 11 is 0. The molecule has 0 unspecified atom stereocenters. The molecule has 13 heavy (non-hydrogen) atoms. The lowest BCUT2D eigenvalue weighted by Crippen LogP contribution is -2.50. The normalized spacial score (nSPS) is 26.2. The molecule has 1 atom stereocenters. The second-order valence-electron chi connectivity index (χ2n) is 3.79. The van der Waals surface area contributed by atoms with Gasteiger partial charge in [0, 0.05) is 38.5 Å². The average Bonchev–Trinajstić information content (AvgIpc) is 2.00. The molecule has 0 aromatic heterocycles. The first-order valence-electron chi connectivity index (χ1n) is 4.61. The summed E-state index contributed by atoms with van der Waals surface area (Å²) in [5.74, 6) is 0.278. The fourth-order valence-corrected chi connectivity index (χ4v) is 2.10. The van der Waals surface area contributed by atoms with Crippen molar-refractivity contribution in [3.05, 3.63) is 0 Å². The molecule has 0 aliphatic carbocycles. The SMILES string of the molecule is C[C@@H]1CN(CCS(C)(=O)=O)CCN1. The predicted octanol–water partition coefficient (Wildman–Crippen LogP) is -0.675. The van der Waals surface area contributed by atoms with E-state index in [-0.39, 0.29) is 5.75 Å². The van der Waals surface area contributed by atoms with E-state index in [1.807, 2.05) is 0 Å². The van der Waals surface area contributed by atoms with Crippen molar-refractivity contribution in [1.82, 2.24) is 10.2 Å². The molecule has 0 bridgehead atoms. The van der Waals surface area contributed by atoms with E-state index in [0.29, 0.717) is 12.6 Å². The molecule has 78 valence electrons. The summed E-state index contributed by atoms with van der Waals surface area (Å²) < 4.78 is 21.8.